The average Bonchev–Trinajstić information content (AvgIpc) is 3.22. The Labute approximate surface area is 195 Å². The molecule has 0 fully saturated rings. The van der Waals surface area contributed by atoms with Gasteiger partial charge < -0.3 is 10.4 Å². The van der Waals surface area contributed by atoms with Crippen molar-refractivity contribution in [3.63, 3.8) is 0 Å². The van der Waals surface area contributed by atoms with E-state index in [2.05, 4.69) is 52.8 Å². The summed E-state index contributed by atoms with van der Waals surface area (Å²) in [5, 5.41) is 14.7. The lowest BCUT2D eigenvalue weighted by Crippen LogP contribution is -2.37. The van der Waals surface area contributed by atoms with Crippen molar-refractivity contribution in [3.05, 3.63) is 93.1 Å². The van der Waals surface area contributed by atoms with E-state index in [-0.39, 0.29) is 13.2 Å². The normalized spacial score (nSPS) is 11.4. The van der Waals surface area contributed by atoms with Crippen LogP contribution in [0, 0.1) is 0 Å². The lowest BCUT2D eigenvalue weighted by molar-refractivity contribution is 0.310. The fourth-order valence-corrected chi connectivity index (χ4v) is 4.30. The molecule has 2 aromatic heterocycles. The maximum Gasteiger partial charge on any atom is 0.332 e. The Morgan fingerprint density at radius 1 is 0.882 bits per heavy atom. The second kappa shape index (κ2) is 8.64. The van der Waals surface area contributed by atoms with Gasteiger partial charge in [-0.15, -0.1) is 0 Å². The second-order valence-electron chi connectivity index (χ2n) is 8.31. The molecule has 5 rings (SSSR count). The van der Waals surface area contributed by atoms with Crippen LogP contribution in [0.25, 0.3) is 33.1 Å². The summed E-state index contributed by atoms with van der Waals surface area (Å²) in [6.45, 7) is 0.561. The van der Waals surface area contributed by atoms with Gasteiger partial charge in [-0.05, 0) is 39.6 Å². The van der Waals surface area contributed by atoms with Crippen molar-refractivity contribution in [1.82, 2.24) is 18.7 Å². The van der Waals surface area contributed by atoms with E-state index >= 15 is 0 Å². The minimum absolute atomic E-state index is 0.0857. The number of rotatable bonds is 6. The third-order valence-electron chi connectivity index (χ3n) is 6.09. The molecule has 0 unspecified atom stereocenters. The number of benzene rings is 3. The highest BCUT2D eigenvalue weighted by Crippen LogP contribution is 2.26. The van der Waals surface area contributed by atoms with Crippen LogP contribution in [0.4, 0.5) is 5.95 Å². The minimum atomic E-state index is -0.436. The Morgan fingerprint density at radius 3 is 2.44 bits per heavy atom. The van der Waals surface area contributed by atoms with Gasteiger partial charge in [0.25, 0.3) is 5.56 Å². The zero-order valence-corrected chi connectivity index (χ0v) is 19.0. The van der Waals surface area contributed by atoms with Crippen LogP contribution in [-0.4, -0.2) is 36.9 Å². The highest BCUT2D eigenvalue weighted by atomic mass is 16.3. The monoisotopic (exact) mass is 455 g/mol. The van der Waals surface area contributed by atoms with Gasteiger partial charge >= 0.3 is 5.69 Å². The average molecular weight is 456 g/mol. The van der Waals surface area contributed by atoms with Crippen molar-refractivity contribution < 1.29 is 5.11 Å². The molecule has 8 heteroatoms. The van der Waals surface area contributed by atoms with E-state index in [1.807, 2.05) is 24.3 Å². The van der Waals surface area contributed by atoms with Gasteiger partial charge in [0.15, 0.2) is 11.2 Å². The van der Waals surface area contributed by atoms with E-state index in [0.29, 0.717) is 23.7 Å². The van der Waals surface area contributed by atoms with Crippen LogP contribution in [-0.2, 0) is 20.6 Å². The smallest absolute Gasteiger partial charge is 0.332 e. The number of aryl methyl sites for hydroxylation is 1. The second-order valence-corrected chi connectivity index (χ2v) is 8.31. The molecule has 0 bridgehead atoms. The topological polar surface area (TPSA) is 94.1 Å². The number of hydrogen-bond acceptors (Lipinski definition) is 5. The van der Waals surface area contributed by atoms with Crippen molar-refractivity contribution in [1.29, 1.82) is 0 Å². The van der Waals surface area contributed by atoms with E-state index in [1.165, 1.54) is 22.4 Å². The summed E-state index contributed by atoms with van der Waals surface area (Å²) < 4.78 is 4.22. The predicted octanol–water partition coefficient (Wildman–Crippen LogP) is 2.71. The van der Waals surface area contributed by atoms with E-state index in [9.17, 15) is 14.7 Å². The number of nitrogens with one attached hydrogen (secondary N) is 1. The molecule has 3 aromatic carbocycles. The highest BCUT2D eigenvalue weighted by molar-refractivity contribution is 5.87. The molecule has 0 atom stereocenters. The Bertz CT molecular complexity index is 1640. The maximum absolute atomic E-state index is 13.0. The molecular weight excluding hydrogens is 430 g/mol. The van der Waals surface area contributed by atoms with Gasteiger partial charge in [-0.2, -0.15) is 4.98 Å². The summed E-state index contributed by atoms with van der Waals surface area (Å²) in [4.78, 5) is 29.9. The number of anilines is 1. The van der Waals surface area contributed by atoms with E-state index < -0.39 is 11.2 Å². The SMILES string of the molecule is Cn1c(=O)c2c(nc(NCCO)n2Cc2cccc(-c3ccc4ccccc4c3)c2)n(C)c1=O. The molecule has 0 amide bonds. The van der Waals surface area contributed by atoms with Crippen LogP contribution in [0.2, 0.25) is 0 Å². The molecule has 8 nitrogen and oxygen atoms in total. The number of fused-ring (bicyclic) bond motifs is 2. The van der Waals surface area contributed by atoms with E-state index in [0.717, 1.165) is 21.3 Å². The Hall–Kier alpha value is -4.17. The van der Waals surface area contributed by atoms with Gasteiger partial charge in [-0.3, -0.25) is 18.5 Å². The lowest BCUT2D eigenvalue weighted by Gasteiger charge is -2.12. The van der Waals surface area contributed by atoms with Crippen LogP contribution < -0.4 is 16.6 Å². The number of hydrogen-bond donors (Lipinski definition) is 2. The Balaban J connectivity index is 1.61. The van der Waals surface area contributed by atoms with Crippen LogP contribution in [0.15, 0.2) is 76.3 Å². The van der Waals surface area contributed by atoms with Crippen LogP contribution >= 0.6 is 0 Å². The zero-order valence-electron chi connectivity index (χ0n) is 19.0. The van der Waals surface area contributed by atoms with Gasteiger partial charge in [0, 0.05) is 20.6 Å². The van der Waals surface area contributed by atoms with Crippen molar-refractivity contribution in [2.45, 2.75) is 6.54 Å². The van der Waals surface area contributed by atoms with Crippen molar-refractivity contribution in [2.24, 2.45) is 14.1 Å². The fourth-order valence-electron chi connectivity index (χ4n) is 4.30. The van der Waals surface area contributed by atoms with Gasteiger partial charge in [-0.25, -0.2) is 4.79 Å². The Morgan fingerprint density at radius 2 is 1.65 bits per heavy atom. The molecule has 2 N–H and O–H groups in total. The number of aromatic nitrogens is 4. The summed E-state index contributed by atoms with van der Waals surface area (Å²) in [6.07, 6.45) is 0. The largest absolute Gasteiger partial charge is 0.395 e. The minimum Gasteiger partial charge on any atom is -0.395 e. The fraction of sp³-hybridized carbons (Fsp3) is 0.192. The van der Waals surface area contributed by atoms with Crippen LogP contribution in [0.3, 0.4) is 0 Å². The van der Waals surface area contributed by atoms with Gasteiger partial charge in [0.05, 0.1) is 13.2 Å². The first kappa shape index (κ1) is 21.7. The number of imidazole rings is 1. The van der Waals surface area contributed by atoms with Crippen LogP contribution in [0.1, 0.15) is 5.56 Å². The van der Waals surface area contributed by atoms with E-state index in [1.54, 1.807) is 11.6 Å². The van der Waals surface area contributed by atoms with Crippen molar-refractivity contribution in [2.75, 3.05) is 18.5 Å². The molecule has 34 heavy (non-hydrogen) atoms. The lowest BCUT2D eigenvalue weighted by atomic mass is 10.00. The summed E-state index contributed by atoms with van der Waals surface area (Å²) in [5.41, 5.74) is 2.95. The summed E-state index contributed by atoms with van der Waals surface area (Å²) in [7, 11) is 3.06. The number of nitrogens with zero attached hydrogens (tertiary/aromatic N) is 4. The maximum atomic E-state index is 13.0. The summed E-state index contributed by atoms with van der Waals surface area (Å²) >= 11 is 0. The molecule has 0 aliphatic carbocycles. The Kier molecular flexibility index (Phi) is 5.51. The first-order valence-electron chi connectivity index (χ1n) is 11.1. The van der Waals surface area contributed by atoms with E-state index in [4.69, 9.17) is 0 Å². The molecular formula is C26H25N5O3. The quantitative estimate of drug-likeness (QED) is 0.411. The van der Waals surface area contributed by atoms with Crippen molar-refractivity contribution >= 4 is 27.9 Å². The summed E-state index contributed by atoms with van der Waals surface area (Å²) in [5.74, 6) is 0.429. The van der Waals surface area contributed by atoms with Gasteiger partial charge in [0.2, 0.25) is 5.95 Å². The first-order valence-corrected chi connectivity index (χ1v) is 11.1. The molecule has 172 valence electrons. The van der Waals surface area contributed by atoms with Crippen molar-refractivity contribution in [3.8, 4) is 11.1 Å². The van der Waals surface area contributed by atoms with Crippen LogP contribution in [0.5, 0.6) is 0 Å². The molecule has 0 saturated carbocycles. The predicted molar refractivity (Wildman–Crippen MR) is 134 cm³/mol. The standard InChI is InChI=1S/C26H25N5O3/c1-29-23-22(24(33)30(2)26(29)34)31(25(28-23)27-12-13-32)16-17-6-5-9-19(14-17)21-11-10-18-7-3-4-8-20(18)15-21/h3-11,14-15,32H,12-13,16H2,1-2H3,(H,27,28). The number of aliphatic hydroxyl groups excluding tert-OH is 1. The highest BCUT2D eigenvalue weighted by Gasteiger charge is 2.19. The molecule has 0 saturated heterocycles. The van der Waals surface area contributed by atoms with Gasteiger partial charge in [0.1, 0.15) is 0 Å². The summed E-state index contributed by atoms with van der Waals surface area (Å²) in [6, 6.07) is 22.8. The molecule has 2 heterocycles. The molecule has 0 aliphatic rings. The third-order valence-corrected chi connectivity index (χ3v) is 6.09. The molecule has 5 aromatic rings. The number of aliphatic hydroxyl groups is 1. The third kappa shape index (κ3) is 3.68. The molecule has 0 spiro atoms. The molecule has 0 aliphatic heterocycles. The zero-order chi connectivity index (χ0) is 23.8. The molecule has 0 radical (unpaired) electrons. The first-order chi connectivity index (χ1) is 16.5. The van der Waals surface area contributed by atoms with Gasteiger partial charge in [-0.1, -0.05) is 54.6 Å².